The summed E-state index contributed by atoms with van der Waals surface area (Å²) < 4.78 is 6.32. The van der Waals surface area contributed by atoms with E-state index in [1.54, 1.807) is 0 Å². The molecule has 3 rings (SSSR count). The van der Waals surface area contributed by atoms with E-state index < -0.39 is 11.4 Å². The highest BCUT2D eigenvalue weighted by Gasteiger charge is 2.68. The molecule has 2 fully saturated rings. The van der Waals surface area contributed by atoms with Crippen LogP contribution < -0.4 is 0 Å². The van der Waals surface area contributed by atoms with Gasteiger partial charge in [0, 0.05) is 4.47 Å². The summed E-state index contributed by atoms with van der Waals surface area (Å²) >= 11 is 3.44. The molecule has 0 aromatic heterocycles. The van der Waals surface area contributed by atoms with Crippen LogP contribution >= 0.6 is 15.9 Å². The fraction of sp³-hybridized carbons (Fsp3) is 0.462. The van der Waals surface area contributed by atoms with E-state index in [1.165, 1.54) is 0 Å². The maximum atomic E-state index is 11.5. The molecule has 0 radical (unpaired) electrons. The second kappa shape index (κ2) is 3.56. The van der Waals surface area contributed by atoms with Crippen molar-refractivity contribution in [3.05, 3.63) is 34.3 Å². The van der Waals surface area contributed by atoms with Crippen molar-refractivity contribution in [3.63, 3.8) is 0 Å². The number of halogens is 1. The molecule has 0 atom stereocenters. The average Bonchev–Trinajstić information content (AvgIpc) is 2.98. The van der Waals surface area contributed by atoms with Gasteiger partial charge in [-0.3, -0.25) is 4.79 Å². The number of carbonyl (C=O) groups is 1. The lowest BCUT2D eigenvalue weighted by atomic mass is 9.66. The summed E-state index contributed by atoms with van der Waals surface area (Å²) in [5.41, 5.74) is 0.173. The van der Waals surface area contributed by atoms with Crippen LogP contribution in [-0.4, -0.2) is 24.3 Å². The number of aliphatic carboxylic acids is 1. The zero-order chi connectivity index (χ0) is 12.1. The molecule has 1 saturated heterocycles. The van der Waals surface area contributed by atoms with Crippen LogP contribution in [0.5, 0.6) is 0 Å². The van der Waals surface area contributed by atoms with Gasteiger partial charge in [-0.2, -0.15) is 0 Å². The highest BCUT2D eigenvalue weighted by molar-refractivity contribution is 9.10. The molecular formula is C13H13BrO3. The first-order valence-electron chi connectivity index (χ1n) is 5.68. The average molecular weight is 297 g/mol. The van der Waals surface area contributed by atoms with Crippen LogP contribution in [0.2, 0.25) is 0 Å². The molecule has 0 bridgehead atoms. The molecule has 3 nitrogen and oxygen atoms in total. The Labute approximate surface area is 108 Å². The summed E-state index contributed by atoms with van der Waals surface area (Å²) in [7, 11) is 0. The number of hydrogen-bond acceptors (Lipinski definition) is 2. The molecule has 1 N–H and O–H groups in total. The first-order valence-corrected chi connectivity index (χ1v) is 6.47. The van der Waals surface area contributed by atoms with Gasteiger partial charge in [0.15, 0.2) is 0 Å². The summed E-state index contributed by atoms with van der Waals surface area (Å²) in [5.74, 6) is -0.680. The van der Waals surface area contributed by atoms with Crippen LogP contribution in [0.1, 0.15) is 18.4 Å². The van der Waals surface area contributed by atoms with E-state index in [4.69, 9.17) is 4.74 Å². The number of rotatable bonds is 3. The van der Waals surface area contributed by atoms with Gasteiger partial charge in [-0.05, 0) is 30.5 Å². The van der Waals surface area contributed by atoms with Gasteiger partial charge in [0.1, 0.15) is 0 Å². The summed E-state index contributed by atoms with van der Waals surface area (Å²) in [5, 5.41) is 9.47. The number of carboxylic acid groups (broad SMARTS) is 1. The summed E-state index contributed by atoms with van der Waals surface area (Å²) in [4.78, 5) is 11.5. The van der Waals surface area contributed by atoms with Crippen molar-refractivity contribution in [3.8, 4) is 0 Å². The lowest BCUT2D eigenvalue weighted by Gasteiger charge is -2.46. The highest BCUT2D eigenvalue weighted by Crippen LogP contribution is 2.62. The van der Waals surface area contributed by atoms with Crippen LogP contribution in [0.4, 0.5) is 0 Å². The van der Waals surface area contributed by atoms with E-state index >= 15 is 0 Å². The summed E-state index contributed by atoms with van der Waals surface area (Å²) in [6.07, 6.45) is 1.52. The number of hydrogen-bond donors (Lipinski definition) is 1. The molecule has 1 aliphatic carbocycles. The van der Waals surface area contributed by atoms with Crippen LogP contribution in [0.15, 0.2) is 28.7 Å². The predicted octanol–water partition coefficient (Wildman–Crippen LogP) is 2.58. The summed E-state index contributed by atoms with van der Waals surface area (Å²) in [6, 6.07) is 7.94. The highest BCUT2D eigenvalue weighted by atomic mass is 79.9. The third kappa shape index (κ3) is 1.40. The van der Waals surface area contributed by atoms with Gasteiger partial charge in [0.05, 0.1) is 24.0 Å². The fourth-order valence-corrected chi connectivity index (χ4v) is 3.23. The van der Waals surface area contributed by atoms with E-state index in [2.05, 4.69) is 15.9 Å². The van der Waals surface area contributed by atoms with Crippen molar-refractivity contribution in [1.29, 1.82) is 0 Å². The minimum atomic E-state index is -0.680. The molecule has 90 valence electrons. The first-order chi connectivity index (χ1) is 8.11. The van der Waals surface area contributed by atoms with Gasteiger partial charge < -0.3 is 9.84 Å². The molecule has 1 aromatic carbocycles. The van der Waals surface area contributed by atoms with Gasteiger partial charge in [-0.15, -0.1) is 0 Å². The van der Waals surface area contributed by atoms with Gasteiger partial charge >= 0.3 is 5.97 Å². The van der Waals surface area contributed by atoms with E-state index in [0.29, 0.717) is 13.2 Å². The van der Waals surface area contributed by atoms with E-state index in [-0.39, 0.29) is 5.41 Å². The SMILES string of the molecule is O=C(O)C1(C2(c3cccc(Br)c3)COC2)CC1. The molecule has 0 spiro atoms. The van der Waals surface area contributed by atoms with Gasteiger partial charge in [0.25, 0.3) is 0 Å². The molecule has 4 heteroatoms. The Hall–Kier alpha value is -0.870. The number of carboxylic acids is 1. The monoisotopic (exact) mass is 296 g/mol. The quantitative estimate of drug-likeness (QED) is 0.932. The zero-order valence-electron chi connectivity index (χ0n) is 9.28. The third-order valence-corrected chi connectivity index (χ3v) is 4.64. The van der Waals surface area contributed by atoms with E-state index in [9.17, 15) is 9.90 Å². The van der Waals surface area contributed by atoms with E-state index in [1.807, 2.05) is 24.3 Å². The number of ether oxygens (including phenoxy) is 1. The third-order valence-electron chi connectivity index (χ3n) is 4.15. The minimum Gasteiger partial charge on any atom is -0.481 e. The molecular weight excluding hydrogens is 284 g/mol. The Morgan fingerprint density at radius 1 is 1.35 bits per heavy atom. The van der Waals surface area contributed by atoms with Crippen LogP contribution in [-0.2, 0) is 14.9 Å². The van der Waals surface area contributed by atoms with E-state index in [0.717, 1.165) is 22.9 Å². The number of benzene rings is 1. The smallest absolute Gasteiger partial charge is 0.310 e. The van der Waals surface area contributed by atoms with Crippen molar-refractivity contribution < 1.29 is 14.6 Å². The second-order valence-electron chi connectivity index (χ2n) is 4.97. The lowest BCUT2D eigenvalue weighted by molar-refractivity contribution is -0.161. The minimum absolute atomic E-state index is 0.317. The maximum absolute atomic E-state index is 11.5. The molecule has 1 heterocycles. The normalized spacial score (nSPS) is 23.8. The molecule has 2 aliphatic rings. The van der Waals surface area contributed by atoms with Crippen LogP contribution in [0.25, 0.3) is 0 Å². The van der Waals surface area contributed by atoms with Crippen molar-refractivity contribution in [1.82, 2.24) is 0 Å². The Kier molecular flexibility index (Phi) is 2.35. The first kappa shape index (κ1) is 11.2. The van der Waals surface area contributed by atoms with Crippen molar-refractivity contribution in [2.45, 2.75) is 18.3 Å². The van der Waals surface area contributed by atoms with Crippen molar-refractivity contribution in [2.24, 2.45) is 5.41 Å². The van der Waals surface area contributed by atoms with Crippen LogP contribution in [0, 0.1) is 5.41 Å². The molecule has 17 heavy (non-hydrogen) atoms. The van der Waals surface area contributed by atoms with Gasteiger partial charge in [-0.1, -0.05) is 28.1 Å². The Bertz CT molecular complexity index is 475. The molecule has 0 amide bonds. The summed E-state index contributed by atoms with van der Waals surface area (Å²) in [6.45, 7) is 1.05. The second-order valence-corrected chi connectivity index (χ2v) is 5.89. The molecule has 1 saturated carbocycles. The maximum Gasteiger partial charge on any atom is 0.310 e. The standard InChI is InChI=1S/C13H13BrO3/c14-10-3-1-2-9(6-10)13(7-17-8-13)12(4-5-12)11(15)16/h1-3,6H,4-5,7-8H2,(H,15,16). The van der Waals surface area contributed by atoms with Crippen molar-refractivity contribution >= 4 is 21.9 Å². The zero-order valence-corrected chi connectivity index (χ0v) is 10.9. The lowest BCUT2D eigenvalue weighted by Crippen LogP contribution is -2.56. The van der Waals surface area contributed by atoms with Crippen molar-refractivity contribution in [2.75, 3.05) is 13.2 Å². The topological polar surface area (TPSA) is 46.5 Å². The Balaban J connectivity index is 2.06. The van der Waals surface area contributed by atoms with Crippen LogP contribution in [0.3, 0.4) is 0 Å². The van der Waals surface area contributed by atoms with Gasteiger partial charge in [-0.25, -0.2) is 0 Å². The molecule has 0 unspecified atom stereocenters. The largest absolute Gasteiger partial charge is 0.481 e. The Morgan fingerprint density at radius 2 is 2.06 bits per heavy atom. The molecule has 1 aliphatic heterocycles. The Morgan fingerprint density at radius 3 is 2.47 bits per heavy atom. The predicted molar refractivity (Wildman–Crippen MR) is 65.9 cm³/mol. The van der Waals surface area contributed by atoms with Gasteiger partial charge in [0.2, 0.25) is 0 Å². The fourth-order valence-electron chi connectivity index (χ4n) is 2.83. The molecule has 1 aromatic rings.